The number of aliphatic carboxylic acids is 1. The smallest absolute Gasteiger partial charge is 0.326 e. The topological polar surface area (TPSA) is 157 Å². The molecule has 0 saturated heterocycles. The number of fused-ring (bicyclic) bond motifs is 1. The number of nitrogens with zero attached hydrogens (tertiary/aromatic N) is 3. The molecule has 2 heterocycles. The van der Waals surface area contributed by atoms with Crippen molar-refractivity contribution in [1.29, 1.82) is 0 Å². The molecule has 0 fully saturated rings. The molecule has 0 saturated carbocycles. The molecule has 2 aromatic heterocycles. The van der Waals surface area contributed by atoms with Gasteiger partial charge >= 0.3 is 5.97 Å². The van der Waals surface area contributed by atoms with Gasteiger partial charge in [-0.3, -0.25) is 4.79 Å². The summed E-state index contributed by atoms with van der Waals surface area (Å²) in [5, 5.41) is 20.7. The SMILES string of the molecule is CC(C)[C@@H](C(=O)N[C@@H](Cc1ccc(OCCN)cc1)C(=O)O)n1cc(COc2ccc3[nH]c(=S)sc3c2)nn1. The van der Waals surface area contributed by atoms with E-state index in [4.69, 9.17) is 27.4 Å². The maximum Gasteiger partial charge on any atom is 0.326 e. The minimum atomic E-state index is -1.13. The molecule has 206 valence electrons. The number of nitrogens with two attached hydrogens (primary N) is 1. The molecule has 0 aliphatic rings. The Kier molecular flexibility index (Phi) is 9.28. The number of aromatic nitrogens is 4. The number of carbonyl (C=O) groups is 2. The van der Waals surface area contributed by atoms with Crippen molar-refractivity contribution in [3.05, 3.63) is 63.9 Å². The fourth-order valence-corrected chi connectivity index (χ4v) is 5.15. The second-order valence-corrected chi connectivity index (χ2v) is 10.9. The Morgan fingerprint density at radius 2 is 1.92 bits per heavy atom. The third-order valence-corrected chi connectivity index (χ3v) is 7.08. The molecular formula is C26H30N6O5S2. The molecule has 4 aromatic rings. The number of carboxylic acid groups (broad SMARTS) is 1. The fraction of sp³-hybridized carbons (Fsp3) is 0.346. The molecule has 11 nitrogen and oxygen atoms in total. The summed E-state index contributed by atoms with van der Waals surface area (Å²) >= 11 is 6.65. The van der Waals surface area contributed by atoms with Crippen LogP contribution in [0.25, 0.3) is 10.2 Å². The molecule has 0 unspecified atom stereocenters. The average Bonchev–Trinajstić information content (AvgIpc) is 3.51. The van der Waals surface area contributed by atoms with Crippen molar-refractivity contribution < 1.29 is 24.2 Å². The van der Waals surface area contributed by atoms with Crippen molar-refractivity contribution in [2.24, 2.45) is 11.7 Å². The van der Waals surface area contributed by atoms with Gasteiger partial charge in [-0.05, 0) is 54.0 Å². The Morgan fingerprint density at radius 3 is 2.62 bits per heavy atom. The van der Waals surface area contributed by atoms with Gasteiger partial charge in [0, 0.05) is 13.0 Å². The van der Waals surface area contributed by atoms with Crippen LogP contribution in [0.4, 0.5) is 0 Å². The lowest BCUT2D eigenvalue weighted by atomic mass is 10.0. The lowest BCUT2D eigenvalue weighted by Crippen LogP contribution is -2.46. The molecule has 0 aliphatic carbocycles. The highest BCUT2D eigenvalue weighted by Gasteiger charge is 2.30. The van der Waals surface area contributed by atoms with E-state index in [1.807, 2.05) is 32.0 Å². The molecule has 4 rings (SSSR count). The normalized spacial score (nSPS) is 12.8. The van der Waals surface area contributed by atoms with E-state index < -0.39 is 24.0 Å². The molecule has 39 heavy (non-hydrogen) atoms. The number of carbonyl (C=O) groups excluding carboxylic acids is 1. The van der Waals surface area contributed by atoms with Gasteiger partial charge in [-0.2, -0.15) is 0 Å². The first-order valence-electron chi connectivity index (χ1n) is 12.3. The van der Waals surface area contributed by atoms with E-state index >= 15 is 0 Å². The Morgan fingerprint density at radius 1 is 1.18 bits per heavy atom. The highest BCUT2D eigenvalue weighted by Crippen LogP contribution is 2.25. The van der Waals surface area contributed by atoms with Crippen molar-refractivity contribution in [2.45, 2.75) is 39.0 Å². The summed E-state index contributed by atoms with van der Waals surface area (Å²) in [7, 11) is 0. The van der Waals surface area contributed by atoms with Gasteiger partial charge in [0.15, 0.2) is 3.95 Å². The number of carboxylic acids is 1. The highest BCUT2D eigenvalue weighted by molar-refractivity contribution is 7.73. The predicted octanol–water partition coefficient (Wildman–Crippen LogP) is 3.48. The van der Waals surface area contributed by atoms with Crippen LogP contribution in [0.15, 0.2) is 48.7 Å². The van der Waals surface area contributed by atoms with Crippen molar-refractivity contribution in [3.8, 4) is 11.5 Å². The lowest BCUT2D eigenvalue weighted by molar-refractivity contribution is -0.142. The van der Waals surface area contributed by atoms with E-state index in [0.717, 1.165) is 15.8 Å². The van der Waals surface area contributed by atoms with E-state index in [1.165, 1.54) is 16.0 Å². The fourth-order valence-electron chi connectivity index (χ4n) is 4.01. The number of amides is 1. The number of benzene rings is 2. The maximum atomic E-state index is 13.2. The maximum absolute atomic E-state index is 13.2. The molecule has 0 aliphatic heterocycles. The van der Waals surface area contributed by atoms with Gasteiger partial charge < -0.3 is 30.6 Å². The average molecular weight is 571 g/mol. The number of thiazole rings is 1. The molecule has 0 radical (unpaired) electrons. The van der Waals surface area contributed by atoms with Gasteiger partial charge in [0.1, 0.15) is 42.5 Å². The molecule has 2 atom stereocenters. The minimum Gasteiger partial charge on any atom is -0.492 e. The first kappa shape index (κ1) is 28.2. The van der Waals surface area contributed by atoms with Gasteiger partial charge in [0.25, 0.3) is 0 Å². The van der Waals surface area contributed by atoms with Crippen LogP contribution in [0, 0.1) is 9.87 Å². The summed E-state index contributed by atoms with van der Waals surface area (Å²) in [6.07, 6.45) is 1.75. The molecule has 13 heteroatoms. The van der Waals surface area contributed by atoms with Gasteiger partial charge in [0.05, 0.1) is 16.4 Å². The van der Waals surface area contributed by atoms with Crippen LogP contribution in [-0.2, 0) is 22.6 Å². The molecule has 0 spiro atoms. The summed E-state index contributed by atoms with van der Waals surface area (Å²) in [6.45, 7) is 4.65. The summed E-state index contributed by atoms with van der Waals surface area (Å²) in [5.41, 5.74) is 7.67. The zero-order chi connectivity index (χ0) is 27.9. The van der Waals surface area contributed by atoms with Crippen LogP contribution in [0.3, 0.4) is 0 Å². The number of hydrogen-bond acceptors (Lipinski definition) is 9. The molecular weight excluding hydrogens is 540 g/mol. The summed E-state index contributed by atoms with van der Waals surface area (Å²) in [4.78, 5) is 28.3. The number of hydrogen-bond donors (Lipinski definition) is 4. The number of rotatable bonds is 13. The number of ether oxygens (including phenoxy) is 2. The predicted molar refractivity (Wildman–Crippen MR) is 150 cm³/mol. The Labute approximate surface area is 233 Å². The van der Waals surface area contributed by atoms with Crippen molar-refractivity contribution in [1.82, 2.24) is 25.3 Å². The van der Waals surface area contributed by atoms with E-state index in [-0.39, 0.29) is 18.9 Å². The summed E-state index contributed by atoms with van der Waals surface area (Å²) in [5.74, 6) is -0.480. The quantitative estimate of drug-likeness (QED) is 0.177. The second kappa shape index (κ2) is 12.8. The van der Waals surface area contributed by atoms with Crippen molar-refractivity contribution >= 4 is 45.6 Å². The van der Waals surface area contributed by atoms with E-state index in [0.29, 0.717) is 34.3 Å². The Hall–Kier alpha value is -3.81. The van der Waals surface area contributed by atoms with Crippen LogP contribution < -0.4 is 20.5 Å². The van der Waals surface area contributed by atoms with E-state index in [1.54, 1.807) is 30.5 Å². The summed E-state index contributed by atoms with van der Waals surface area (Å²) < 4.78 is 14.4. The molecule has 2 aromatic carbocycles. The third-order valence-electron chi connectivity index (χ3n) is 5.89. The number of H-pyrrole nitrogens is 1. The zero-order valence-corrected chi connectivity index (χ0v) is 23.1. The van der Waals surface area contributed by atoms with Crippen molar-refractivity contribution in [2.75, 3.05) is 13.2 Å². The minimum absolute atomic E-state index is 0.110. The first-order valence-corrected chi connectivity index (χ1v) is 13.6. The van der Waals surface area contributed by atoms with Crippen LogP contribution in [0.5, 0.6) is 11.5 Å². The monoisotopic (exact) mass is 570 g/mol. The van der Waals surface area contributed by atoms with E-state index in [2.05, 4.69) is 20.6 Å². The van der Waals surface area contributed by atoms with Crippen LogP contribution in [-0.4, -0.2) is 56.2 Å². The number of nitrogens with one attached hydrogen (secondary N) is 2. The molecule has 5 N–H and O–H groups in total. The zero-order valence-electron chi connectivity index (χ0n) is 21.5. The lowest BCUT2D eigenvalue weighted by Gasteiger charge is -2.23. The summed E-state index contributed by atoms with van der Waals surface area (Å²) in [6, 6.07) is 10.8. The Balaban J connectivity index is 1.40. The van der Waals surface area contributed by atoms with Gasteiger partial charge in [-0.15, -0.1) is 16.4 Å². The highest BCUT2D eigenvalue weighted by atomic mass is 32.1. The van der Waals surface area contributed by atoms with Gasteiger partial charge in [-0.25, -0.2) is 9.48 Å². The van der Waals surface area contributed by atoms with Crippen LogP contribution in [0.2, 0.25) is 0 Å². The molecule has 0 bridgehead atoms. The molecule has 1 amide bonds. The number of aromatic amines is 1. The largest absolute Gasteiger partial charge is 0.492 e. The van der Waals surface area contributed by atoms with E-state index in [9.17, 15) is 14.7 Å². The van der Waals surface area contributed by atoms with Crippen LogP contribution in [0.1, 0.15) is 31.1 Å². The van der Waals surface area contributed by atoms with Crippen molar-refractivity contribution in [3.63, 3.8) is 0 Å². The second-order valence-electron chi connectivity index (χ2n) is 9.22. The third kappa shape index (κ3) is 7.40. The standard InChI is InChI=1S/C26H30N6O5S2/c1-15(2)23(24(33)28-21(25(34)35)11-16-3-5-18(6-4-16)36-10-9-27)32-13-17(30-31-32)14-37-19-7-8-20-22(12-19)39-26(38)29-20/h3-8,12-13,15,21,23H,9-11,14,27H2,1-2H3,(H,28,33)(H,29,38)(H,34,35)/t21-,23-/m0/s1. The van der Waals surface area contributed by atoms with Gasteiger partial charge in [-0.1, -0.05) is 31.2 Å². The Bertz CT molecular complexity index is 1480. The first-order chi connectivity index (χ1) is 18.7. The van der Waals surface area contributed by atoms with Crippen LogP contribution >= 0.6 is 23.6 Å². The van der Waals surface area contributed by atoms with Gasteiger partial charge in [0.2, 0.25) is 5.91 Å².